The van der Waals surface area contributed by atoms with Crippen molar-refractivity contribution in [2.24, 2.45) is 17.3 Å². The second kappa shape index (κ2) is 2.84. The van der Waals surface area contributed by atoms with E-state index in [1.54, 1.807) is 0 Å². The van der Waals surface area contributed by atoms with E-state index in [0.29, 0.717) is 5.41 Å². The van der Waals surface area contributed by atoms with Crippen LogP contribution in [-0.4, -0.2) is 23.1 Å². The van der Waals surface area contributed by atoms with Crippen molar-refractivity contribution in [3.05, 3.63) is 24.3 Å². The van der Waals surface area contributed by atoms with Crippen molar-refractivity contribution in [1.82, 2.24) is 9.97 Å². The Morgan fingerprint density at radius 3 is 2.65 bits per heavy atom. The number of piperidine rings is 1. The molecule has 3 nitrogen and oxygen atoms in total. The lowest BCUT2D eigenvalue weighted by Gasteiger charge is -2.21. The monoisotopic (exact) mass is 227 g/mol. The number of imidazole rings is 1. The highest BCUT2D eigenvalue weighted by atomic mass is 15.3. The van der Waals surface area contributed by atoms with Gasteiger partial charge < -0.3 is 9.88 Å². The zero-order chi connectivity index (χ0) is 11.6. The van der Waals surface area contributed by atoms with Gasteiger partial charge in [-0.15, -0.1) is 0 Å². The first kappa shape index (κ1) is 9.51. The molecule has 2 aromatic rings. The minimum absolute atomic E-state index is 0.572. The summed E-state index contributed by atoms with van der Waals surface area (Å²) in [6, 6.07) is 8.25. The van der Waals surface area contributed by atoms with Gasteiger partial charge in [-0.1, -0.05) is 26.0 Å². The highest BCUT2D eigenvalue weighted by Crippen LogP contribution is 2.62. The van der Waals surface area contributed by atoms with Crippen LogP contribution in [0.5, 0.6) is 0 Å². The van der Waals surface area contributed by atoms with Crippen LogP contribution < -0.4 is 4.90 Å². The maximum absolute atomic E-state index is 4.67. The van der Waals surface area contributed by atoms with Gasteiger partial charge in [-0.25, -0.2) is 4.98 Å². The van der Waals surface area contributed by atoms with E-state index in [-0.39, 0.29) is 0 Å². The number of rotatable bonds is 1. The van der Waals surface area contributed by atoms with Gasteiger partial charge in [-0.05, 0) is 29.4 Å². The molecule has 0 spiro atoms. The van der Waals surface area contributed by atoms with Crippen molar-refractivity contribution < 1.29 is 0 Å². The number of anilines is 1. The van der Waals surface area contributed by atoms with Gasteiger partial charge in [0, 0.05) is 13.1 Å². The summed E-state index contributed by atoms with van der Waals surface area (Å²) in [4.78, 5) is 10.5. The second-order valence-corrected chi connectivity index (χ2v) is 6.02. The minimum Gasteiger partial charge on any atom is -0.342 e. The molecule has 2 unspecified atom stereocenters. The Kier molecular flexibility index (Phi) is 1.59. The Hall–Kier alpha value is -1.51. The summed E-state index contributed by atoms with van der Waals surface area (Å²) in [6.45, 7) is 7.10. The molecule has 1 aromatic heterocycles. The third kappa shape index (κ3) is 1.20. The van der Waals surface area contributed by atoms with E-state index in [1.165, 1.54) is 0 Å². The number of nitrogens with zero attached hydrogens (tertiary/aromatic N) is 2. The van der Waals surface area contributed by atoms with Crippen LogP contribution in [0, 0.1) is 17.3 Å². The SMILES string of the molecule is CC1(C)C2CN(c3nc4ccccc4[nH]3)CC21. The average molecular weight is 227 g/mol. The van der Waals surface area contributed by atoms with Gasteiger partial charge in [-0.3, -0.25) is 0 Å². The summed E-state index contributed by atoms with van der Waals surface area (Å²) < 4.78 is 0. The number of fused-ring (bicyclic) bond motifs is 2. The number of aromatic nitrogens is 2. The molecular formula is C14H17N3. The van der Waals surface area contributed by atoms with Crippen LogP contribution in [0.15, 0.2) is 24.3 Å². The molecule has 3 heteroatoms. The summed E-state index contributed by atoms with van der Waals surface area (Å²) in [5, 5.41) is 0. The minimum atomic E-state index is 0.572. The molecule has 4 rings (SSSR count). The Labute approximate surface area is 101 Å². The van der Waals surface area contributed by atoms with Crippen molar-refractivity contribution >= 4 is 17.0 Å². The van der Waals surface area contributed by atoms with E-state index >= 15 is 0 Å². The number of H-pyrrole nitrogens is 1. The molecule has 2 aliphatic rings. The maximum atomic E-state index is 4.67. The molecule has 2 fully saturated rings. The summed E-state index contributed by atoms with van der Waals surface area (Å²) in [5.41, 5.74) is 2.78. The van der Waals surface area contributed by atoms with Gasteiger partial charge in [0.15, 0.2) is 0 Å². The quantitative estimate of drug-likeness (QED) is 0.812. The first-order chi connectivity index (χ1) is 8.16. The van der Waals surface area contributed by atoms with Crippen LogP contribution in [0.25, 0.3) is 11.0 Å². The number of aromatic amines is 1. The average Bonchev–Trinajstić information content (AvgIpc) is 2.81. The van der Waals surface area contributed by atoms with E-state index in [2.05, 4.69) is 46.9 Å². The Balaban J connectivity index is 1.64. The lowest BCUT2D eigenvalue weighted by atomic mass is 10.1. The molecule has 1 N–H and O–H groups in total. The van der Waals surface area contributed by atoms with Crippen LogP contribution >= 0.6 is 0 Å². The van der Waals surface area contributed by atoms with Crippen LogP contribution in [0.1, 0.15) is 13.8 Å². The standard InChI is InChI=1S/C14H17N3/c1-14(2)9-7-17(8-10(9)14)13-15-11-5-3-4-6-12(11)16-13/h3-6,9-10H,7-8H2,1-2H3,(H,15,16). The highest BCUT2D eigenvalue weighted by Gasteiger charge is 2.62. The first-order valence-corrected chi connectivity index (χ1v) is 6.36. The Morgan fingerprint density at radius 2 is 1.94 bits per heavy atom. The Morgan fingerprint density at radius 1 is 1.24 bits per heavy atom. The summed E-state index contributed by atoms with van der Waals surface area (Å²) in [6.07, 6.45) is 0. The highest BCUT2D eigenvalue weighted by molar-refractivity contribution is 5.77. The van der Waals surface area contributed by atoms with Crippen molar-refractivity contribution in [3.63, 3.8) is 0 Å². The molecule has 0 radical (unpaired) electrons. The largest absolute Gasteiger partial charge is 0.342 e. The van der Waals surface area contributed by atoms with Crippen molar-refractivity contribution in [2.75, 3.05) is 18.0 Å². The molecule has 17 heavy (non-hydrogen) atoms. The van der Waals surface area contributed by atoms with Gasteiger partial charge in [0.05, 0.1) is 11.0 Å². The lowest BCUT2D eigenvalue weighted by Crippen LogP contribution is -2.26. The normalized spacial score (nSPS) is 29.6. The molecule has 1 saturated carbocycles. The van der Waals surface area contributed by atoms with E-state index < -0.39 is 0 Å². The van der Waals surface area contributed by atoms with Crippen LogP contribution in [0.4, 0.5) is 5.95 Å². The molecule has 88 valence electrons. The predicted octanol–water partition coefficient (Wildman–Crippen LogP) is 2.66. The molecule has 0 bridgehead atoms. The summed E-state index contributed by atoms with van der Waals surface area (Å²) in [5.74, 6) is 2.79. The van der Waals surface area contributed by atoms with Crippen molar-refractivity contribution in [2.45, 2.75) is 13.8 Å². The fraction of sp³-hybridized carbons (Fsp3) is 0.500. The smallest absolute Gasteiger partial charge is 0.203 e. The van der Waals surface area contributed by atoms with E-state index in [4.69, 9.17) is 0 Å². The van der Waals surface area contributed by atoms with Gasteiger partial charge >= 0.3 is 0 Å². The van der Waals surface area contributed by atoms with E-state index in [9.17, 15) is 0 Å². The molecule has 0 amide bonds. The lowest BCUT2D eigenvalue weighted by molar-refractivity contribution is 0.497. The molecule has 2 atom stereocenters. The molecule has 1 aliphatic heterocycles. The topological polar surface area (TPSA) is 31.9 Å². The fourth-order valence-corrected chi connectivity index (χ4v) is 3.39. The summed E-state index contributed by atoms with van der Waals surface area (Å²) >= 11 is 0. The predicted molar refractivity (Wildman–Crippen MR) is 69.1 cm³/mol. The number of hydrogen-bond donors (Lipinski definition) is 1. The van der Waals surface area contributed by atoms with E-state index in [1.807, 2.05) is 6.07 Å². The molecular weight excluding hydrogens is 210 g/mol. The zero-order valence-corrected chi connectivity index (χ0v) is 10.3. The molecule has 1 aromatic carbocycles. The third-order valence-corrected chi connectivity index (χ3v) is 4.80. The Bertz CT molecular complexity index is 537. The third-order valence-electron chi connectivity index (χ3n) is 4.80. The number of hydrogen-bond acceptors (Lipinski definition) is 2. The number of benzene rings is 1. The zero-order valence-electron chi connectivity index (χ0n) is 10.3. The van der Waals surface area contributed by atoms with Crippen LogP contribution in [-0.2, 0) is 0 Å². The van der Waals surface area contributed by atoms with Gasteiger partial charge in [0.2, 0.25) is 5.95 Å². The van der Waals surface area contributed by atoms with Gasteiger partial charge in [0.1, 0.15) is 0 Å². The maximum Gasteiger partial charge on any atom is 0.203 e. The number of nitrogens with one attached hydrogen (secondary N) is 1. The fourth-order valence-electron chi connectivity index (χ4n) is 3.39. The number of para-hydroxylation sites is 2. The van der Waals surface area contributed by atoms with Crippen LogP contribution in [0.3, 0.4) is 0 Å². The summed E-state index contributed by atoms with van der Waals surface area (Å²) in [7, 11) is 0. The molecule has 1 saturated heterocycles. The second-order valence-electron chi connectivity index (χ2n) is 6.02. The van der Waals surface area contributed by atoms with Gasteiger partial charge in [0.25, 0.3) is 0 Å². The van der Waals surface area contributed by atoms with Crippen molar-refractivity contribution in [1.29, 1.82) is 0 Å². The molecule has 1 aliphatic carbocycles. The first-order valence-electron chi connectivity index (χ1n) is 6.36. The molecule has 2 heterocycles. The van der Waals surface area contributed by atoms with Crippen LogP contribution in [0.2, 0.25) is 0 Å². The van der Waals surface area contributed by atoms with E-state index in [0.717, 1.165) is 41.9 Å². The van der Waals surface area contributed by atoms with Crippen molar-refractivity contribution in [3.8, 4) is 0 Å². The van der Waals surface area contributed by atoms with Gasteiger partial charge in [-0.2, -0.15) is 0 Å².